The van der Waals surface area contributed by atoms with Gasteiger partial charge in [0.25, 0.3) is 0 Å². The van der Waals surface area contributed by atoms with Crippen molar-refractivity contribution in [2.75, 3.05) is 48.8 Å². The first kappa shape index (κ1) is 23.1. The lowest BCUT2D eigenvalue weighted by Gasteiger charge is -2.34. The molecule has 2 aromatic heterocycles. The second-order valence-corrected chi connectivity index (χ2v) is 9.10. The highest BCUT2D eigenvalue weighted by atomic mass is 35.5. The number of hydrogen-bond donors (Lipinski definition) is 2. The van der Waals surface area contributed by atoms with E-state index in [4.69, 9.17) is 11.6 Å². The summed E-state index contributed by atoms with van der Waals surface area (Å²) in [7, 11) is 2.16. The van der Waals surface area contributed by atoms with E-state index in [0.717, 1.165) is 48.5 Å². The highest BCUT2D eigenvalue weighted by molar-refractivity contribution is 6.32. The van der Waals surface area contributed by atoms with E-state index >= 15 is 0 Å². The Kier molecular flexibility index (Phi) is 6.57. The Bertz CT molecular complexity index is 1340. The van der Waals surface area contributed by atoms with Crippen molar-refractivity contribution >= 4 is 51.4 Å². The maximum Gasteiger partial charge on any atom is 0.229 e. The number of piperazine rings is 1. The molecule has 0 aliphatic carbocycles. The lowest BCUT2D eigenvalue weighted by Crippen LogP contribution is -2.44. The summed E-state index contributed by atoms with van der Waals surface area (Å²) in [6.45, 7) is 6.04. The summed E-state index contributed by atoms with van der Waals surface area (Å²) < 4.78 is 1.92. The topological polar surface area (TPSA) is 78.3 Å². The number of carbonyl (C=O) groups excluding carboxylic acids is 1. The predicted molar refractivity (Wildman–Crippen MR) is 142 cm³/mol. The summed E-state index contributed by atoms with van der Waals surface area (Å²) in [4.78, 5) is 25.5. The fourth-order valence-electron chi connectivity index (χ4n) is 4.19. The van der Waals surface area contributed by atoms with Crippen LogP contribution >= 0.6 is 11.6 Å². The van der Waals surface area contributed by atoms with Gasteiger partial charge in [-0.2, -0.15) is 4.98 Å². The van der Waals surface area contributed by atoms with Gasteiger partial charge in [-0.15, -0.1) is 0 Å². The van der Waals surface area contributed by atoms with Gasteiger partial charge in [-0.3, -0.25) is 9.36 Å². The van der Waals surface area contributed by atoms with Crippen molar-refractivity contribution in [1.29, 1.82) is 0 Å². The lowest BCUT2D eigenvalue weighted by molar-refractivity contribution is -0.115. The minimum absolute atomic E-state index is 0.0186. The minimum atomic E-state index is -0.0186. The van der Waals surface area contributed by atoms with Crippen molar-refractivity contribution in [3.63, 3.8) is 0 Å². The molecule has 180 valence electrons. The number of fused-ring (bicyclic) bond motifs is 1. The number of anilines is 4. The third kappa shape index (κ3) is 5.08. The summed E-state index contributed by atoms with van der Waals surface area (Å²) in [5, 5.41) is 7.60. The van der Waals surface area contributed by atoms with Crippen molar-refractivity contribution in [3.05, 3.63) is 65.9 Å². The summed E-state index contributed by atoms with van der Waals surface area (Å²) >= 11 is 6.49. The molecule has 1 fully saturated rings. The van der Waals surface area contributed by atoms with E-state index in [0.29, 0.717) is 23.2 Å². The molecule has 9 heteroatoms. The monoisotopic (exact) mass is 489 g/mol. The van der Waals surface area contributed by atoms with E-state index < -0.39 is 0 Å². The quantitative estimate of drug-likeness (QED) is 0.400. The van der Waals surface area contributed by atoms with E-state index in [1.807, 2.05) is 54.1 Å². The molecule has 0 spiro atoms. The normalized spacial score (nSPS) is 14.3. The van der Waals surface area contributed by atoms with Crippen LogP contribution in [0.4, 0.5) is 23.0 Å². The molecule has 2 N–H and O–H groups in total. The van der Waals surface area contributed by atoms with E-state index in [-0.39, 0.29) is 5.91 Å². The number of aromatic nitrogens is 3. The van der Waals surface area contributed by atoms with Gasteiger partial charge in [-0.25, -0.2) is 4.98 Å². The molecule has 1 aliphatic heterocycles. The number of benzene rings is 2. The second kappa shape index (κ2) is 9.93. The number of hydrogen-bond acceptors (Lipinski definition) is 6. The fourth-order valence-corrected chi connectivity index (χ4v) is 4.37. The van der Waals surface area contributed by atoms with Crippen LogP contribution < -0.4 is 15.5 Å². The molecule has 1 saturated heterocycles. The van der Waals surface area contributed by atoms with Crippen molar-refractivity contribution in [2.45, 2.75) is 13.3 Å². The molecule has 2 aromatic carbocycles. The minimum Gasteiger partial charge on any atom is -0.369 e. The molecule has 0 bridgehead atoms. The number of carbonyl (C=O) groups is 1. The zero-order valence-electron chi connectivity index (χ0n) is 19.8. The molecule has 0 unspecified atom stereocenters. The molecule has 5 rings (SSSR count). The van der Waals surface area contributed by atoms with Gasteiger partial charge in [0.1, 0.15) is 5.02 Å². The Hall–Kier alpha value is -3.62. The van der Waals surface area contributed by atoms with Crippen LogP contribution in [-0.4, -0.2) is 58.6 Å². The first-order valence-electron chi connectivity index (χ1n) is 11.7. The highest BCUT2D eigenvalue weighted by Crippen LogP contribution is 2.28. The Morgan fingerprint density at radius 1 is 1.03 bits per heavy atom. The molecule has 1 aliphatic rings. The van der Waals surface area contributed by atoms with Crippen LogP contribution in [0.25, 0.3) is 16.7 Å². The molecule has 1 amide bonds. The van der Waals surface area contributed by atoms with Crippen LogP contribution in [0.5, 0.6) is 0 Å². The number of nitrogens with zero attached hydrogens (tertiary/aromatic N) is 5. The van der Waals surface area contributed by atoms with Gasteiger partial charge in [-0.1, -0.05) is 18.5 Å². The van der Waals surface area contributed by atoms with E-state index in [1.165, 1.54) is 5.69 Å². The lowest BCUT2D eigenvalue weighted by atomic mass is 10.2. The SMILES string of the molecule is CCC(=O)Nc1ccc2c(ccn2-c2nc(Nc3ccc(N4CCN(C)CC4)cc3)ncc2Cl)c1. The number of nitrogens with one attached hydrogen (secondary N) is 2. The third-order valence-corrected chi connectivity index (χ3v) is 6.51. The van der Waals surface area contributed by atoms with Crippen molar-refractivity contribution < 1.29 is 4.79 Å². The molecular formula is C26H28ClN7O. The average Bonchev–Trinajstić information content (AvgIpc) is 3.29. The highest BCUT2D eigenvalue weighted by Gasteiger charge is 2.15. The molecule has 3 heterocycles. The van der Waals surface area contributed by atoms with Gasteiger partial charge in [0, 0.05) is 61.2 Å². The summed E-state index contributed by atoms with van der Waals surface area (Å²) in [6, 6.07) is 16.1. The van der Waals surface area contributed by atoms with Gasteiger partial charge in [-0.05, 0) is 55.6 Å². The van der Waals surface area contributed by atoms with Crippen molar-refractivity contribution in [3.8, 4) is 5.82 Å². The maximum atomic E-state index is 11.7. The summed E-state index contributed by atoms with van der Waals surface area (Å²) in [5.74, 6) is 1.03. The number of amides is 1. The van der Waals surface area contributed by atoms with Gasteiger partial charge >= 0.3 is 0 Å². The van der Waals surface area contributed by atoms with Crippen LogP contribution in [-0.2, 0) is 4.79 Å². The Morgan fingerprint density at radius 3 is 2.51 bits per heavy atom. The molecule has 0 atom stereocenters. The molecule has 35 heavy (non-hydrogen) atoms. The van der Waals surface area contributed by atoms with Crippen LogP contribution in [0, 0.1) is 0 Å². The zero-order chi connectivity index (χ0) is 24.4. The van der Waals surface area contributed by atoms with Gasteiger partial charge < -0.3 is 20.4 Å². The number of halogens is 1. The van der Waals surface area contributed by atoms with Gasteiger partial charge in [0.2, 0.25) is 11.9 Å². The number of rotatable bonds is 6. The van der Waals surface area contributed by atoms with E-state index in [1.54, 1.807) is 6.20 Å². The Morgan fingerprint density at radius 2 is 1.77 bits per heavy atom. The molecule has 4 aromatic rings. The zero-order valence-corrected chi connectivity index (χ0v) is 20.6. The Labute approximate surface area is 209 Å². The van der Waals surface area contributed by atoms with Crippen molar-refractivity contribution in [2.24, 2.45) is 0 Å². The number of likely N-dealkylation sites (N-methyl/N-ethyl adjacent to an activating group) is 1. The van der Waals surface area contributed by atoms with Crippen LogP contribution in [0.1, 0.15) is 13.3 Å². The van der Waals surface area contributed by atoms with E-state index in [2.05, 4.69) is 49.6 Å². The first-order valence-corrected chi connectivity index (χ1v) is 12.1. The van der Waals surface area contributed by atoms with Crippen LogP contribution in [0.15, 0.2) is 60.9 Å². The van der Waals surface area contributed by atoms with Gasteiger partial charge in [0.15, 0.2) is 5.82 Å². The molecule has 0 radical (unpaired) electrons. The molecule has 8 nitrogen and oxygen atoms in total. The summed E-state index contributed by atoms with van der Waals surface area (Å²) in [5.41, 5.74) is 3.82. The first-order chi connectivity index (χ1) is 17.0. The Balaban J connectivity index is 1.35. The predicted octanol–water partition coefficient (Wildman–Crippen LogP) is 4.92. The molecule has 0 saturated carbocycles. The van der Waals surface area contributed by atoms with Crippen molar-refractivity contribution in [1.82, 2.24) is 19.4 Å². The smallest absolute Gasteiger partial charge is 0.229 e. The second-order valence-electron chi connectivity index (χ2n) is 8.69. The van der Waals surface area contributed by atoms with Gasteiger partial charge in [0.05, 0.1) is 11.7 Å². The molecular weight excluding hydrogens is 462 g/mol. The maximum absolute atomic E-state index is 11.7. The third-order valence-electron chi connectivity index (χ3n) is 6.24. The van der Waals surface area contributed by atoms with Crippen LogP contribution in [0.3, 0.4) is 0 Å². The summed E-state index contributed by atoms with van der Waals surface area (Å²) in [6.07, 6.45) is 3.95. The fraction of sp³-hybridized carbons (Fsp3) is 0.269. The van der Waals surface area contributed by atoms with E-state index in [9.17, 15) is 4.79 Å². The standard InChI is InChI=1S/C26H28ClN7O/c1-3-24(35)29-20-6-9-23-18(16-20)10-11-34(23)25-22(27)17-28-26(31-25)30-19-4-7-21(8-5-19)33-14-12-32(2)13-15-33/h4-11,16-17H,3,12-15H2,1-2H3,(H,29,35)(H,28,30,31). The average molecular weight is 490 g/mol. The van der Waals surface area contributed by atoms with Crippen LogP contribution in [0.2, 0.25) is 5.02 Å². The largest absolute Gasteiger partial charge is 0.369 e.